The van der Waals surface area contributed by atoms with Gasteiger partial charge in [0, 0.05) is 37.7 Å². The van der Waals surface area contributed by atoms with Crippen molar-refractivity contribution in [3.63, 3.8) is 0 Å². The van der Waals surface area contributed by atoms with Gasteiger partial charge in [-0.25, -0.2) is 0 Å². The van der Waals surface area contributed by atoms with Crippen LogP contribution in [0.15, 0.2) is 33.8 Å². The van der Waals surface area contributed by atoms with Gasteiger partial charge in [-0.2, -0.15) is 0 Å². The van der Waals surface area contributed by atoms with E-state index in [1.807, 2.05) is 6.07 Å². The summed E-state index contributed by atoms with van der Waals surface area (Å²) in [6, 6.07) is 8.31. The number of aromatic nitrogens is 1. The molecule has 0 radical (unpaired) electrons. The van der Waals surface area contributed by atoms with Gasteiger partial charge in [-0.15, -0.1) is 24.0 Å². The van der Waals surface area contributed by atoms with E-state index in [-0.39, 0.29) is 30.1 Å². The van der Waals surface area contributed by atoms with Gasteiger partial charge in [0.25, 0.3) is 0 Å². The quantitative estimate of drug-likeness (QED) is 0.246. The zero-order valence-electron chi connectivity index (χ0n) is 19.6. The smallest absolute Gasteiger partial charge is 0.191 e. The van der Waals surface area contributed by atoms with Crippen LogP contribution >= 0.6 is 24.0 Å². The second-order valence-corrected chi connectivity index (χ2v) is 8.07. The number of aryl methyl sites for hydroxylation is 1. The average Bonchev–Trinajstić information content (AvgIpc) is 3.47. The minimum atomic E-state index is 0. The molecule has 1 aliphatic heterocycles. The molecule has 2 aromatic rings. The van der Waals surface area contributed by atoms with E-state index >= 15 is 0 Å². The zero-order chi connectivity index (χ0) is 22.1. The highest BCUT2D eigenvalue weighted by Crippen LogP contribution is 2.23. The molecule has 1 atom stereocenters. The molecule has 7 nitrogen and oxygen atoms in total. The summed E-state index contributed by atoms with van der Waals surface area (Å²) in [6.07, 6.45) is 4.50. The Bertz CT molecular complexity index is 846. The third-order valence-electron chi connectivity index (χ3n) is 5.75. The van der Waals surface area contributed by atoms with Crippen LogP contribution in [0.2, 0.25) is 0 Å². The minimum absolute atomic E-state index is 0. The molecule has 2 heterocycles. The molecule has 0 aliphatic carbocycles. The van der Waals surface area contributed by atoms with E-state index in [1.54, 1.807) is 7.05 Å². The molecule has 1 unspecified atom stereocenters. The Labute approximate surface area is 208 Å². The lowest BCUT2D eigenvalue weighted by Crippen LogP contribution is -2.36. The lowest BCUT2D eigenvalue weighted by atomic mass is 9.99. The van der Waals surface area contributed by atoms with Crippen molar-refractivity contribution in [1.29, 1.82) is 0 Å². The summed E-state index contributed by atoms with van der Waals surface area (Å²) in [5.74, 6) is 2.85. The number of nitrogens with one attached hydrogen (secondary N) is 2. The van der Waals surface area contributed by atoms with Crippen LogP contribution in [0.5, 0.6) is 5.75 Å². The Morgan fingerprint density at radius 3 is 2.69 bits per heavy atom. The van der Waals surface area contributed by atoms with E-state index in [0.717, 1.165) is 55.1 Å². The van der Waals surface area contributed by atoms with Gasteiger partial charge in [0.1, 0.15) is 12.4 Å². The predicted octanol–water partition coefficient (Wildman–Crippen LogP) is 4.93. The first kappa shape index (κ1) is 26.4. The summed E-state index contributed by atoms with van der Waals surface area (Å²) < 4.78 is 17.3. The largest absolute Gasteiger partial charge is 0.491 e. The molecule has 2 N–H and O–H groups in total. The van der Waals surface area contributed by atoms with Crippen molar-refractivity contribution in [3.8, 4) is 5.75 Å². The topological polar surface area (TPSA) is 80.9 Å². The normalized spacial score (nSPS) is 16.2. The van der Waals surface area contributed by atoms with Gasteiger partial charge in [0.15, 0.2) is 11.7 Å². The third-order valence-corrected chi connectivity index (χ3v) is 5.75. The van der Waals surface area contributed by atoms with E-state index in [9.17, 15) is 0 Å². The van der Waals surface area contributed by atoms with E-state index in [0.29, 0.717) is 31.6 Å². The molecule has 178 valence electrons. The van der Waals surface area contributed by atoms with Gasteiger partial charge < -0.3 is 24.6 Å². The van der Waals surface area contributed by atoms with Gasteiger partial charge >= 0.3 is 0 Å². The molecule has 1 aliphatic rings. The van der Waals surface area contributed by atoms with Crippen LogP contribution in [0, 0.1) is 6.92 Å². The molecule has 8 heteroatoms. The molecule has 0 bridgehead atoms. The lowest BCUT2D eigenvalue weighted by molar-refractivity contribution is 0.0676. The number of hydrogen-bond donors (Lipinski definition) is 2. The van der Waals surface area contributed by atoms with Gasteiger partial charge in [-0.3, -0.25) is 4.99 Å². The zero-order valence-corrected chi connectivity index (χ0v) is 22.0. The van der Waals surface area contributed by atoms with E-state index < -0.39 is 0 Å². The Hall–Kier alpha value is -1.81. The van der Waals surface area contributed by atoms with Crippen molar-refractivity contribution in [2.75, 3.05) is 20.3 Å². The van der Waals surface area contributed by atoms with Crippen LogP contribution in [-0.2, 0) is 17.8 Å². The van der Waals surface area contributed by atoms with E-state index in [1.165, 1.54) is 5.56 Å². The number of guanidine groups is 1. The van der Waals surface area contributed by atoms with Crippen molar-refractivity contribution in [2.24, 2.45) is 4.99 Å². The SMILES string of the molecule is CCC(CC)c1cc(CNC(=NC)NCc2ccc(C)cc2OCC2CCCO2)on1.I. The van der Waals surface area contributed by atoms with Crippen molar-refractivity contribution in [1.82, 2.24) is 15.8 Å². The molecular formula is C24H37IN4O3. The van der Waals surface area contributed by atoms with Crippen LogP contribution < -0.4 is 15.4 Å². The Kier molecular flexibility index (Phi) is 11.3. The van der Waals surface area contributed by atoms with E-state index in [4.69, 9.17) is 14.0 Å². The molecule has 0 amide bonds. The first-order chi connectivity index (χ1) is 15.1. The second-order valence-electron chi connectivity index (χ2n) is 8.07. The summed E-state index contributed by atoms with van der Waals surface area (Å²) in [4.78, 5) is 4.32. The van der Waals surface area contributed by atoms with Gasteiger partial charge in [0.2, 0.25) is 0 Å². The first-order valence-corrected chi connectivity index (χ1v) is 11.4. The molecule has 1 fully saturated rings. The maximum atomic E-state index is 6.09. The van der Waals surface area contributed by atoms with Crippen molar-refractivity contribution < 1.29 is 14.0 Å². The highest BCUT2D eigenvalue weighted by molar-refractivity contribution is 14.0. The Morgan fingerprint density at radius 2 is 2.00 bits per heavy atom. The molecule has 1 aromatic carbocycles. The van der Waals surface area contributed by atoms with Crippen LogP contribution in [0.25, 0.3) is 0 Å². The first-order valence-electron chi connectivity index (χ1n) is 11.4. The number of hydrogen-bond acceptors (Lipinski definition) is 5. The van der Waals surface area contributed by atoms with Gasteiger partial charge in [-0.05, 0) is 44.2 Å². The molecule has 0 spiro atoms. The highest BCUT2D eigenvalue weighted by atomic mass is 127. The second kappa shape index (κ2) is 13.7. The summed E-state index contributed by atoms with van der Waals surface area (Å²) in [6.45, 7) is 8.99. The number of ether oxygens (including phenoxy) is 2. The number of aliphatic imine (C=N–C) groups is 1. The predicted molar refractivity (Wildman–Crippen MR) is 138 cm³/mol. The molecule has 0 saturated carbocycles. The van der Waals surface area contributed by atoms with Crippen molar-refractivity contribution in [3.05, 3.63) is 46.8 Å². The Morgan fingerprint density at radius 1 is 1.22 bits per heavy atom. The van der Waals surface area contributed by atoms with Crippen LogP contribution in [0.1, 0.15) is 68.0 Å². The number of halogens is 1. The number of nitrogens with zero attached hydrogens (tertiary/aromatic N) is 2. The molecular weight excluding hydrogens is 519 g/mol. The fraction of sp³-hybridized carbons (Fsp3) is 0.583. The maximum Gasteiger partial charge on any atom is 0.191 e. The fourth-order valence-electron chi connectivity index (χ4n) is 3.78. The molecule has 32 heavy (non-hydrogen) atoms. The van der Waals surface area contributed by atoms with E-state index in [2.05, 4.69) is 59.8 Å². The maximum absolute atomic E-state index is 6.09. The number of benzene rings is 1. The molecule has 3 rings (SSSR count). The summed E-state index contributed by atoms with van der Waals surface area (Å²) in [5.41, 5.74) is 3.28. The van der Waals surface area contributed by atoms with Crippen LogP contribution in [0.3, 0.4) is 0 Å². The third kappa shape index (κ3) is 7.65. The van der Waals surface area contributed by atoms with Gasteiger partial charge in [-0.1, -0.05) is 31.1 Å². The molecule has 1 aromatic heterocycles. The Balaban J connectivity index is 0.00000363. The van der Waals surface area contributed by atoms with Crippen LogP contribution in [0.4, 0.5) is 0 Å². The van der Waals surface area contributed by atoms with Crippen molar-refractivity contribution >= 4 is 29.9 Å². The monoisotopic (exact) mass is 556 g/mol. The lowest BCUT2D eigenvalue weighted by Gasteiger charge is -2.17. The summed E-state index contributed by atoms with van der Waals surface area (Å²) in [7, 11) is 1.76. The standard InChI is InChI=1S/C24H36N4O3.HI/c1-5-18(6-2)22-13-21(31-28-22)15-27-24(25-4)26-14-19-10-9-17(3)12-23(19)30-16-20-8-7-11-29-20;/h9-10,12-13,18,20H,5-8,11,14-16H2,1-4H3,(H2,25,26,27);1H. The fourth-order valence-corrected chi connectivity index (χ4v) is 3.78. The minimum Gasteiger partial charge on any atom is -0.491 e. The van der Waals surface area contributed by atoms with Crippen LogP contribution in [-0.4, -0.2) is 37.5 Å². The average molecular weight is 556 g/mol. The van der Waals surface area contributed by atoms with Crippen molar-refractivity contribution in [2.45, 2.75) is 71.6 Å². The number of rotatable bonds is 10. The summed E-state index contributed by atoms with van der Waals surface area (Å²) in [5, 5.41) is 10.9. The highest BCUT2D eigenvalue weighted by Gasteiger charge is 2.17. The summed E-state index contributed by atoms with van der Waals surface area (Å²) >= 11 is 0. The molecule has 1 saturated heterocycles. The van der Waals surface area contributed by atoms with Gasteiger partial charge in [0.05, 0.1) is 18.3 Å².